The minimum atomic E-state index is -3.75. The third-order valence-corrected chi connectivity index (χ3v) is 7.18. The molecule has 0 aliphatic rings. The summed E-state index contributed by atoms with van der Waals surface area (Å²) < 4.78 is 27.7. The predicted molar refractivity (Wildman–Crippen MR) is 112 cm³/mol. The van der Waals surface area contributed by atoms with Gasteiger partial charge >= 0.3 is 0 Å². The number of benzene rings is 1. The van der Waals surface area contributed by atoms with Crippen molar-refractivity contribution in [2.75, 3.05) is 5.75 Å². The van der Waals surface area contributed by atoms with Gasteiger partial charge in [0.15, 0.2) is 5.65 Å². The Morgan fingerprint density at radius 2 is 2.00 bits per heavy atom. The Balaban J connectivity index is 1.88. The van der Waals surface area contributed by atoms with Crippen molar-refractivity contribution in [2.24, 2.45) is 0 Å². The molecule has 8 heteroatoms. The van der Waals surface area contributed by atoms with Crippen molar-refractivity contribution in [2.45, 2.75) is 29.6 Å². The zero-order chi connectivity index (χ0) is 19.6. The van der Waals surface area contributed by atoms with E-state index in [1.165, 1.54) is 3.97 Å². The Morgan fingerprint density at radius 3 is 2.71 bits per heavy atom. The molecule has 0 fully saturated rings. The number of hydrogen-bond donors (Lipinski definition) is 1. The molecule has 0 aliphatic carbocycles. The van der Waals surface area contributed by atoms with Crippen LogP contribution >= 0.6 is 11.8 Å². The maximum absolute atomic E-state index is 13.2. The molecule has 0 bridgehead atoms. The number of fused-ring (bicyclic) bond motifs is 1. The second kappa shape index (κ2) is 7.81. The first-order chi connectivity index (χ1) is 13.6. The Hall–Kier alpha value is -2.58. The zero-order valence-electron chi connectivity index (χ0n) is 15.4. The molecule has 0 saturated heterocycles. The van der Waals surface area contributed by atoms with E-state index in [1.54, 1.807) is 66.9 Å². The van der Waals surface area contributed by atoms with Gasteiger partial charge in [-0.2, -0.15) is 5.10 Å². The Bertz CT molecular complexity index is 1180. The van der Waals surface area contributed by atoms with Gasteiger partial charge in [-0.15, -0.1) is 11.8 Å². The van der Waals surface area contributed by atoms with Crippen LogP contribution in [0.1, 0.15) is 19.8 Å². The molecule has 0 radical (unpaired) electrons. The van der Waals surface area contributed by atoms with Gasteiger partial charge in [0.25, 0.3) is 10.0 Å². The third-order valence-electron chi connectivity index (χ3n) is 4.46. The summed E-state index contributed by atoms with van der Waals surface area (Å²) >= 11 is 1.73. The highest BCUT2D eigenvalue weighted by atomic mass is 32.2. The molecule has 28 heavy (non-hydrogen) atoms. The first kappa shape index (κ1) is 18.8. The molecule has 144 valence electrons. The predicted octanol–water partition coefficient (Wildman–Crippen LogP) is 4.56. The number of H-pyrrole nitrogens is 1. The van der Waals surface area contributed by atoms with Gasteiger partial charge in [-0.05, 0) is 30.4 Å². The molecule has 0 aliphatic heterocycles. The lowest BCUT2D eigenvalue weighted by Gasteiger charge is -2.07. The number of thioether (sulfide) groups is 1. The quantitative estimate of drug-likeness (QED) is 0.356. The van der Waals surface area contributed by atoms with Crippen molar-refractivity contribution in [1.29, 1.82) is 0 Å². The fourth-order valence-corrected chi connectivity index (χ4v) is 5.33. The lowest BCUT2D eigenvalue weighted by Crippen LogP contribution is -2.12. The normalized spacial score (nSPS) is 11.9. The molecule has 0 amide bonds. The number of pyridine rings is 1. The van der Waals surface area contributed by atoms with Crippen LogP contribution in [0.15, 0.2) is 71.0 Å². The number of nitrogens with zero attached hydrogens (tertiary/aromatic N) is 3. The van der Waals surface area contributed by atoms with Gasteiger partial charge in [0.2, 0.25) is 0 Å². The van der Waals surface area contributed by atoms with E-state index < -0.39 is 10.0 Å². The van der Waals surface area contributed by atoms with Crippen molar-refractivity contribution in [3.05, 3.63) is 61.2 Å². The maximum Gasteiger partial charge on any atom is 0.269 e. The highest BCUT2D eigenvalue weighted by Crippen LogP contribution is 2.34. The van der Waals surface area contributed by atoms with Crippen LogP contribution in [0.4, 0.5) is 0 Å². The number of nitrogens with one attached hydrogen (secondary N) is 1. The Labute approximate surface area is 168 Å². The Kier molecular flexibility index (Phi) is 5.23. The Morgan fingerprint density at radius 1 is 1.18 bits per heavy atom. The van der Waals surface area contributed by atoms with E-state index in [0.717, 1.165) is 40.0 Å². The molecule has 4 rings (SSSR count). The number of rotatable bonds is 7. The molecule has 1 N–H and O–H groups in total. The molecule has 4 aromatic rings. The van der Waals surface area contributed by atoms with Crippen molar-refractivity contribution >= 4 is 32.8 Å². The van der Waals surface area contributed by atoms with Crippen molar-refractivity contribution in [3.63, 3.8) is 0 Å². The van der Waals surface area contributed by atoms with E-state index in [-0.39, 0.29) is 4.90 Å². The van der Waals surface area contributed by atoms with Gasteiger partial charge in [-0.25, -0.2) is 17.4 Å². The molecule has 0 atom stereocenters. The van der Waals surface area contributed by atoms with Crippen LogP contribution in [0.25, 0.3) is 22.2 Å². The second-order valence-electron chi connectivity index (χ2n) is 6.39. The van der Waals surface area contributed by atoms with E-state index in [4.69, 9.17) is 0 Å². The summed E-state index contributed by atoms with van der Waals surface area (Å²) in [4.78, 5) is 5.77. The fourth-order valence-electron chi connectivity index (χ4n) is 2.99. The van der Waals surface area contributed by atoms with E-state index in [0.29, 0.717) is 5.65 Å². The highest BCUT2D eigenvalue weighted by Gasteiger charge is 2.23. The third kappa shape index (κ3) is 3.45. The smallest absolute Gasteiger partial charge is 0.269 e. The minimum Gasteiger partial charge on any atom is -0.285 e. The topological polar surface area (TPSA) is 80.6 Å². The first-order valence-electron chi connectivity index (χ1n) is 9.05. The summed E-state index contributed by atoms with van der Waals surface area (Å²) in [5.41, 5.74) is 2.03. The molecular formula is C20H20N4O2S2. The average molecular weight is 413 g/mol. The van der Waals surface area contributed by atoms with Crippen LogP contribution < -0.4 is 0 Å². The standard InChI is InChI=1S/C20H20N4O2S2/c1-2-3-9-27-16-10-18-19(15-11-22-23-12-15)14-24(20(18)21-13-16)28(25,26)17-7-5-4-6-8-17/h4-8,10-14H,2-3,9H2,1H3,(H,22,23). The first-order valence-corrected chi connectivity index (χ1v) is 11.5. The SMILES string of the molecule is CCCCSc1cnc2c(c1)c(-c1cn[nH]c1)cn2S(=O)(=O)c1ccccc1. The van der Waals surface area contributed by atoms with E-state index in [1.807, 2.05) is 6.07 Å². The average Bonchev–Trinajstić information content (AvgIpc) is 3.36. The summed E-state index contributed by atoms with van der Waals surface area (Å²) in [7, 11) is -3.75. The van der Waals surface area contributed by atoms with Crippen molar-refractivity contribution in [1.82, 2.24) is 19.2 Å². The molecule has 0 unspecified atom stereocenters. The number of aromatic amines is 1. The summed E-state index contributed by atoms with van der Waals surface area (Å²) in [6, 6.07) is 10.4. The monoisotopic (exact) mass is 412 g/mol. The minimum absolute atomic E-state index is 0.230. The van der Waals surface area contributed by atoms with Crippen LogP contribution in [0.2, 0.25) is 0 Å². The van der Waals surface area contributed by atoms with Gasteiger partial charge in [0.1, 0.15) is 0 Å². The summed E-state index contributed by atoms with van der Waals surface area (Å²) in [6.45, 7) is 2.16. The summed E-state index contributed by atoms with van der Waals surface area (Å²) in [5.74, 6) is 1.01. The number of aromatic nitrogens is 4. The van der Waals surface area contributed by atoms with Crippen LogP contribution in [-0.2, 0) is 10.0 Å². The van der Waals surface area contributed by atoms with Gasteiger partial charge in [-0.1, -0.05) is 31.5 Å². The van der Waals surface area contributed by atoms with Gasteiger partial charge in [0, 0.05) is 40.0 Å². The van der Waals surface area contributed by atoms with E-state index in [2.05, 4.69) is 22.1 Å². The molecule has 0 saturated carbocycles. The van der Waals surface area contributed by atoms with E-state index in [9.17, 15) is 8.42 Å². The van der Waals surface area contributed by atoms with Crippen LogP contribution in [0.5, 0.6) is 0 Å². The van der Waals surface area contributed by atoms with Crippen LogP contribution in [0.3, 0.4) is 0 Å². The molecule has 6 nitrogen and oxygen atoms in total. The fraction of sp³-hybridized carbons (Fsp3) is 0.200. The molecule has 0 spiro atoms. The largest absolute Gasteiger partial charge is 0.285 e. The zero-order valence-corrected chi connectivity index (χ0v) is 17.0. The lowest BCUT2D eigenvalue weighted by molar-refractivity contribution is 0.589. The van der Waals surface area contributed by atoms with Crippen molar-refractivity contribution in [3.8, 4) is 11.1 Å². The van der Waals surface area contributed by atoms with Crippen LogP contribution in [-0.4, -0.2) is 33.3 Å². The summed E-state index contributed by atoms with van der Waals surface area (Å²) in [5, 5.41) is 7.60. The molecule has 1 aromatic carbocycles. The summed E-state index contributed by atoms with van der Waals surface area (Å²) in [6.07, 6.45) is 9.08. The highest BCUT2D eigenvalue weighted by molar-refractivity contribution is 7.99. The lowest BCUT2D eigenvalue weighted by atomic mass is 10.1. The van der Waals surface area contributed by atoms with Gasteiger partial charge in [0.05, 0.1) is 11.1 Å². The van der Waals surface area contributed by atoms with Crippen molar-refractivity contribution < 1.29 is 8.42 Å². The van der Waals surface area contributed by atoms with Crippen LogP contribution in [0, 0.1) is 0 Å². The van der Waals surface area contributed by atoms with Gasteiger partial charge in [-0.3, -0.25) is 5.10 Å². The molecular weight excluding hydrogens is 392 g/mol. The molecule has 3 heterocycles. The number of unbranched alkanes of at least 4 members (excludes halogenated alkanes) is 1. The van der Waals surface area contributed by atoms with E-state index >= 15 is 0 Å². The number of hydrogen-bond acceptors (Lipinski definition) is 5. The second-order valence-corrected chi connectivity index (χ2v) is 9.37. The van der Waals surface area contributed by atoms with Gasteiger partial charge < -0.3 is 0 Å². The molecule has 3 aromatic heterocycles. The maximum atomic E-state index is 13.2.